The van der Waals surface area contributed by atoms with E-state index in [1.54, 1.807) is 12.1 Å². The lowest BCUT2D eigenvalue weighted by Crippen LogP contribution is -2.37. The van der Waals surface area contributed by atoms with Crippen LogP contribution in [0.15, 0.2) is 102 Å². The molecule has 1 N–H and O–H groups in total. The maximum atomic E-state index is 13.2. The summed E-state index contributed by atoms with van der Waals surface area (Å²) in [6.45, 7) is 1.92. The van der Waals surface area contributed by atoms with E-state index in [-0.39, 0.29) is 16.9 Å². The Morgan fingerprint density at radius 2 is 1.45 bits per heavy atom. The van der Waals surface area contributed by atoms with E-state index in [0.29, 0.717) is 11.4 Å². The van der Waals surface area contributed by atoms with E-state index in [9.17, 15) is 8.42 Å². The van der Waals surface area contributed by atoms with Gasteiger partial charge in [0.1, 0.15) is 0 Å². The second-order valence-corrected chi connectivity index (χ2v) is 9.92. The molecule has 0 aliphatic rings. The molecule has 0 radical (unpaired) electrons. The summed E-state index contributed by atoms with van der Waals surface area (Å²) in [5, 5.41) is 2.60. The fourth-order valence-electron chi connectivity index (χ4n) is 3.89. The minimum Gasteiger partial charge on any atom is -0.208 e. The summed E-state index contributed by atoms with van der Waals surface area (Å²) in [6.07, 6.45) is 0.697. The van der Waals surface area contributed by atoms with Crippen LogP contribution in [0.3, 0.4) is 0 Å². The summed E-state index contributed by atoms with van der Waals surface area (Å²) >= 11 is 6.03. The number of benzene rings is 4. The molecular formula is C26H24ClNO2S. The topological polar surface area (TPSA) is 46.2 Å². The fraction of sp³-hybridized carbons (Fsp3) is 0.154. The van der Waals surface area contributed by atoms with Gasteiger partial charge in [-0.05, 0) is 59.5 Å². The molecule has 31 heavy (non-hydrogen) atoms. The maximum Gasteiger partial charge on any atom is 0.240 e. The summed E-state index contributed by atoms with van der Waals surface area (Å²) in [4.78, 5) is 0.274. The van der Waals surface area contributed by atoms with Gasteiger partial charge in [-0.2, -0.15) is 0 Å². The van der Waals surface area contributed by atoms with E-state index in [2.05, 4.69) is 4.72 Å². The average Bonchev–Trinajstić information content (AvgIpc) is 2.78. The van der Waals surface area contributed by atoms with Gasteiger partial charge in [0.15, 0.2) is 0 Å². The Bertz CT molecular complexity index is 1270. The third kappa shape index (κ3) is 5.16. The standard InChI is InChI=1S/C26H24ClNO2S/c1-19(28-31(29,30)25-16-13-21-7-5-6-10-23(21)18-25)26(22-8-3-2-4-9-22)17-20-11-14-24(27)15-12-20/h2-16,18-19,26,28H,17H2,1H3. The van der Waals surface area contributed by atoms with Crippen molar-refractivity contribution >= 4 is 32.4 Å². The Labute approximate surface area is 188 Å². The van der Waals surface area contributed by atoms with Gasteiger partial charge in [-0.1, -0.05) is 84.4 Å². The van der Waals surface area contributed by atoms with Crippen LogP contribution in [-0.4, -0.2) is 14.5 Å². The number of rotatable bonds is 7. The molecule has 5 heteroatoms. The highest BCUT2D eigenvalue weighted by atomic mass is 35.5. The van der Waals surface area contributed by atoms with Gasteiger partial charge in [-0.25, -0.2) is 13.1 Å². The van der Waals surface area contributed by atoms with Crippen LogP contribution in [0.5, 0.6) is 0 Å². The molecule has 158 valence electrons. The number of nitrogens with one attached hydrogen (secondary N) is 1. The van der Waals surface area contributed by atoms with Crippen molar-refractivity contribution < 1.29 is 8.42 Å². The van der Waals surface area contributed by atoms with E-state index in [4.69, 9.17) is 11.6 Å². The molecule has 2 atom stereocenters. The first-order chi connectivity index (χ1) is 14.9. The quantitative estimate of drug-likeness (QED) is 0.365. The van der Waals surface area contributed by atoms with Crippen molar-refractivity contribution in [3.63, 3.8) is 0 Å². The number of sulfonamides is 1. The Kier molecular flexibility index (Phi) is 6.42. The molecule has 0 aromatic heterocycles. The van der Waals surface area contributed by atoms with Crippen LogP contribution in [-0.2, 0) is 16.4 Å². The second-order valence-electron chi connectivity index (χ2n) is 7.77. The molecule has 4 aromatic carbocycles. The number of hydrogen-bond donors (Lipinski definition) is 1. The molecule has 0 amide bonds. The Morgan fingerprint density at radius 1 is 0.806 bits per heavy atom. The molecule has 0 aliphatic heterocycles. The first-order valence-electron chi connectivity index (χ1n) is 10.2. The average molecular weight is 450 g/mol. The van der Waals surface area contributed by atoms with Crippen LogP contribution in [0.1, 0.15) is 24.0 Å². The number of fused-ring (bicyclic) bond motifs is 1. The van der Waals surface area contributed by atoms with Gasteiger partial charge in [0.25, 0.3) is 0 Å². The van der Waals surface area contributed by atoms with Crippen LogP contribution in [0.4, 0.5) is 0 Å². The van der Waals surface area contributed by atoms with Crippen molar-refractivity contribution in [2.24, 2.45) is 0 Å². The summed E-state index contributed by atoms with van der Waals surface area (Å²) in [5.74, 6) is -0.0300. The lowest BCUT2D eigenvalue weighted by molar-refractivity contribution is 0.503. The SMILES string of the molecule is CC(NS(=O)(=O)c1ccc2ccccc2c1)C(Cc1ccc(Cl)cc1)c1ccccc1. The van der Waals surface area contributed by atoms with Crippen molar-refractivity contribution in [1.82, 2.24) is 4.72 Å². The summed E-state index contributed by atoms with van der Waals surface area (Å²) in [5.41, 5.74) is 2.20. The molecule has 4 rings (SSSR count). The second kappa shape index (κ2) is 9.23. The summed E-state index contributed by atoms with van der Waals surface area (Å²) in [6, 6.07) is 30.4. The molecule has 0 saturated carbocycles. The van der Waals surface area contributed by atoms with E-state index in [1.165, 1.54) is 0 Å². The molecule has 2 unspecified atom stereocenters. The van der Waals surface area contributed by atoms with E-state index in [1.807, 2.05) is 91.9 Å². The van der Waals surface area contributed by atoms with Crippen molar-refractivity contribution in [1.29, 1.82) is 0 Å². The summed E-state index contributed by atoms with van der Waals surface area (Å²) in [7, 11) is -3.67. The lowest BCUT2D eigenvalue weighted by Gasteiger charge is -2.26. The van der Waals surface area contributed by atoms with Gasteiger partial charge >= 0.3 is 0 Å². The zero-order chi connectivity index (χ0) is 21.8. The minimum absolute atomic E-state index is 0.0300. The highest BCUT2D eigenvalue weighted by Crippen LogP contribution is 2.27. The van der Waals surface area contributed by atoms with Crippen molar-refractivity contribution in [3.05, 3.63) is 113 Å². The number of hydrogen-bond acceptors (Lipinski definition) is 2. The highest BCUT2D eigenvalue weighted by Gasteiger charge is 2.25. The van der Waals surface area contributed by atoms with Crippen LogP contribution >= 0.6 is 11.6 Å². The van der Waals surface area contributed by atoms with Crippen molar-refractivity contribution in [3.8, 4) is 0 Å². The monoisotopic (exact) mass is 449 g/mol. The normalized spacial score (nSPS) is 13.7. The van der Waals surface area contributed by atoms with Crippen LogP contribution < -0.4 is 4.72 Å². The summed E-state index contributed by atoms with van der Waals surface area (Å²) < 4.78 is 29.3. The number of halogens is 1. The zero-order valence-corrected chi connectivity index (χ0v) is 18.8. The zero-order valence-electron chi connectivity index (χ0n) is 17.2. The molecule has 0 aliphatic carbocycles. The van der Waals surface area contributed by atoms with Gasteiger partial charge in [0.2, 0.25) is 10.0 Å². The van der Waals surface area contributed by atoms with Crippen LogP contribution in [0.2, 0.25) is 5.02 Å². The predicted molar refractivity (Wildman–Crippen MR) is 128 cm³/mol. The molecule has 4 aromatic rings. The Morgan fingerprint density at radius 3 is 2.16 bits per heavy atom. The molecule has 0 spiro atoms. The fourth-order valence-corrected chi connectivity index (χ4v) is 5.33. The largest absolute Gasteiger partial charge is 0.240 e. The van der Waals surface area contributed by atoms with Gasteiger partial charge in [-0.3, -0.25) is 0 Å². The smallest absolute Gasteiger partial charge is 0.208 e. The van der Waals surface area contributed by atoms with Crippen LogP contribution in [0, 0.1) is 0 Å². The minimum atomic E-state index is -3.67. The highest BCUT2D eigenvalue weighted by molar-refractivity contribution is 7.89. The Hall–Kier alpha value is -2.66. The lowest BCUT2D eigenvalue weighted by atomic mass is 9.87. The molecule has 3 nitrogen and oxygen atoms in total. The first-order valence-corrected chi connectivity index (χ1v) is 12.1. The van der Waals surface area contributed by atoms with Gasteiger partial charge in [0, 0.05) is 17.0 Å². The molecule has 0 saturated heterocycles. The van der Waals surface area contributed by atoms with Crippen molar-refractivity contribution in [2.45, 2.75) is 30.2 Å². The predicted octanol–water partition coefficient (Wildman–Crippen LogP) is 6.19. The molecule has 0 bridgehead atoms. The van der Waals surface area contributed by atoms with E-state index in [0.717, 1.165) is 21.9 Å². The Balaban J connectivity index is 1.62. The van der Waals surface area contributed by atoms with Gasteiger partial charge in [0.05, 0.1) is 4.90 Å². The first kappa shape index (κ1) is 21.6. The van der Waals surface area contributed by atoms with Crippen molar-refractivity contribution in [2.75, 3.05) is 0 Å². The molecular weight excluding hydrogens is 426 g/mol. The molecule has 0 fully saturated rings. The van der Waals surface area contributed by atoms with Gasteiger partial charge in [-0.15, -0.1) is 0 Å². The van der Waals surface area contributed by atoms with Crippen LogP contribution in [0.25, 0.3) is 10.8 Å². The van der Waals surface area contributed by atoms with Gasteiger partial charge < -0.3 is 0 Å². The maximum absolute atomic E-state index is 13.2. The third-order valence-electron chi connectivity index (χ3n) is 5.57. The third-order valence-corrected chi connectivity index (χ3v) is 7.38. The van der Waals surface area contributed by atoms with E-state index >= 15 is 0 Å². The van der Waals surface area contributed by atoms with E-state index < -0.39 is 10.0 Å². The molecule has 0 heterocycles.